The Labute approximate surface area is 108 Å². The van der Waals surface area contributed by atoms with Gasteiger partial charge in [-0.1, -0.05) is 27.7 Å². The summed E-state index contributed by atoms with van der Waals surface area (Å²) in [4.78, 5) is 14.3. The lowest BCUT2D eigenvalue weighted by Crippen LogP contribution is -2.22. The Morgan fingerprint density at radius 2 is 1.82 bits per heavy atom. The van der Waals surface area contributed by atoms with Gasteiger partial charge in [-0.25, -0.2) is 0 Å². The third-order valence-corrected chi connectivity index (χ3v) is 4.59. The molecule has 96 valence electrons. The van der Waals surface area contributed by atoms with Crippen molar-refractivity contribution in [1.82, 2.24) is 5.32 Å². The molecular formula is C14H23NOS. The van der Waals surface area contributed by atoms with E-state index in [0.29, 0.717) is 24.2 Å². The second-order valence-corrected chi connectivity index (χ2v) is 6.27. The molecule has 0 aliphatic carbocycles. The van der Waals surface area contributed by atoms with Crippen LogP contribution in [0.25, 0.3) is 0 Å². The van der Waals surface area contributed by atoms with Gasteiger partial charge in [0.1, 0.15) is 0 Å². The summed E-state index contributed by atoms with van der Waals surface area (Å²) < 4.78 is 0. The molecule has 0 radical (unpaired) electrons. The summed E-state index contributed by atoms with van der Waals surface area (Å²) in [7, 11) is 1.70. The molecule has 1 atom stereocenters. The van der Waals surface area contributed by atoms with Crippen LogP contribution in [0, 0.1) is 5.92 Å². The molecule has 0 saturated carbocycles. The maximum atomic E-state index is 11.5. The number of thiophene rings is 1. The Bertz CT molecular complexity index is 368. The Balaban J connectivity index is 2.86. The van der Waals surface area contributed by atoms with Crippen molar-refractivity contribution in [3.8, 4) is 0 Å². The second-order valence-electron chi connectivity index (χ2n) is 5.12. The largest absolute Gasteiger partial charge is 0.359 e. The molecule has 17 heavy (non-hydrogen) atoms. The van der Waals surface area contributed by atoms with Gasteiger partial charge in [0.15, 0.2) is 0 Å². The van der Waals surface area contributed by atoms with E-state index in [9.17, 15) is 4.79 Å². The van der Waals surface area contributed by atoms with Crippen LogP contribution < -0.4 is 5.32 Å². The van der Waals surface area contributed by atoms with Gasteiger partial charge in [0.2, 0.25) is 5.91 Å². The first-order valence-electron chi connectivity index (χ1n) is 6.25. The van der Waals surface area contributed by atoms with Crippen molar-refractivity contribution in [1.29, 1.82) is 0 Å². The maximum Gasteiger partial charge on any atom is 0.220 e. The number of nitrogens with one attached hydrogen (secondary N) is 1. The van der Waals surface area contributed by atoms with Crippen LogP contribution in [-0.2, 0) is 4.79 Å². The van der Waals surface area contributed by atoms with Gasteiger partial charge in [-0.3, -0.25) is 4.79 Å². The predicted molar refractivity (Wildman–Crippen MR) is 74.7 cm³/mol. The van der Waals surface area contributed by atoms with Gasteiger partial charge in [0.25, 0.3) is 0 Å². The molecule has 1 rings (SSSR count). The molecule has 0 fully saturated rings. The summed E-state index contributed by atoms with van der Waals surface area (Å²) in [5.41, 5.74) is 0. The van der Waals surface area contributed by atoms with Crippen LogP contribution in [0.2, 0.25) is 0 Å². The lowest BCUT2D eigenvalue weighted by Gasteiger charge is -2.18. The summed E-state index contributed by atoms with van der Waals surface area (Å²) in [6.45, 7) is 8.78. The Hall–Kier alpha value is -0.830. The number of carbonyl (C=O) groups excluding carboxylic acids is 1. The number of amides is 1. The topological polar surface area (TPSA) is 29.1 Å². The van der Waals surface area contributed by atoms with Gasteiger partial charge < -0.3 is 5.32 Å². The van der Waals surface area contributed by atoms with Crippen molar-refractivity contribution in [2.75, 3.05) is 7.05 Å². The Morgan fingerprint density at radius 3 is 2.24 bits per heavy atom. The fraction of sp³-hybridized carbons (Fsp3) is 0.643. The first-order chi connectivity index (χ1) is 7.95. The molecule has 1 heterocycles. The molecule has 0 spiro atoms. The van der Waals surface area contributed by atoms with Crippen LogP contribution in [0.3, 0.4) is 0 Å². The number of rotatable bonds is 5. The van der Waals surface area contributed by atoms with E-state index in [2.05, 4.69) is 45.1 Å². The third-order valence-electron chi connectivity index (χ3n) is 3.07. The zero-order valence-corrected chi connectivity index (χ0v) is 12.2. The molecular weight excluding hydrogens is 230 g/mol. The summed E-state index contributed by atoms with van der Waals surface area (Å²) in [6, 6.07) is 4.39. The van der Waals surface area contributed by atoms with E-state index in [1.165, 1.54) is 9.75 Å². The fourth-order valence-electron chi connectivity index (χ4n) is 1.84. The lowest BCUT2D eigenvalue weighted by atomic mass is 9.91. The zero-order chi connectivity index (χ0) is 13.0. The van der Waals surface area contributed by atoms with Crippen molar-refractivity contribution in [3.05, 3.63) is 21.9 Å². The molecule has 2 nitrogen and oxygen atoms in total. The number of carbonyl (C=O) groups is 1. The van der Waals surface area contributed by atoms with Crippen LogP contribution in [-0.4, -0.2) is 13.0 Å². The standard InChI is InChI=1S/C14H23NOS/c1-9(2)11(8-14(16)15-5)13-7-6-12(17-13)10(3)4/h6-7,9-11H,8H2,1-5H3,(H,15,16). The summed E-state index contributed by atoms with van der Waals surface area (Å²) in [5, 5.41) is 2.72. The first-order valence-corrected chi connectivity index (χ1v) is 7.07. The highest BCUT2D eigenvalue weighted by Gasteiger charge is 2.21. The van der Waals surface area contributed by atoms with E-state index in [-0.39, 0.29) is 5.91 Å². The van der Waals surface area contributed by atoms with E-state index < -0.39 is 0 Å². The third kappa shape index (κ3) is 3.84. The van der Waals surface area contributed by atoms with Crippen molar-refractivity contribution in [2.45, 2.75) is 46.0 Å². The molecule has 0 saturated heterocycles. The molecule has 1 N–H and O–H groups in total. The zero-order valence-electron chi connectivity index (χ0n) is 11.4. The second kappa shape index (κ2) is 6.20. The molecule has 0 aromatic carbocycles. The molecule has 1 amide bonds. The minimum Gasteiger partial charge on any atom is -0.359 e. The molecule has 0 bridgehead atoms. The van der Waals surface area contributed by atoms with E-state index in [1.807, 2.05) is 11.3 Å². The van der Waals surface area contributed by atoms with Crippen molar-refractivity contribution >= 4 is 17.2 Å². The fourth-order valence-corrected chi connectivity index (χ4v) is 3.13. The smallest absolute Gasteiger partial charge is 0.220 e. The van der Waals surface area contributed by atoms with E-state index in [0.717, 1.165) is 0 Å². The van der Waals surface area contributed by atoms with Crippen LogP contribution in [0.5, 0.6) is 0 Å². The molecule has 1 aromatic rings. The molecule has 1 aromatic heterocycles. The minimum atomic E-state index is 0.128. The van der Waals surface area contributed by atoms with E-state index >= 15 is 0 Å². The summed E-state index contributed by atoms with van der Waals surface area (Å²) in [6.07, 6.45) is 0.589. The van der Waals surface area contributed by atoms with Crippen LogP contribution in [0.15, 0.2) is 12.1 Å². The van der Waals surface area contributed by atoms with Gasteiger partial charge in [-0.2, -0.15) is 0 Å². The van der Waals surface area contributed by atoms with Crippen molar-refractivity contribution in [3.63, 3.8) is 0 Å². The maximum absolute atomic E-state index is 11.5. The van der Waals surface area contributed by atoms with Crippen molar-refractivity contribution in [2.24, 2.45) is 5.92 Å². The van der Waals surface area contributed by atoms with Crippen LogP contribution >= 0.6 is 11.3 Å². The van der Waals surface area contributed by atoms with Gasteiger partial charge in [0, 0.05) is 29.1 Å². The van der Waals surface area contributed by atoms with Crippen LogP contribution in [0.4, 0.5) is 0 Å². The normalized spacial score (nSPS) is 13.1. The van der Waals surface area contributed by atoms with Crippen LogP contribution in [0.1, 0.15) is 55.7 Å². The highest BCUT2D eigenvalue weighted by Crippen LogP contribution is 2.35. The summed E-state index contributed by atoms with van der Waals surface area (Å²) in [5.74, 6) is 1.53. The minimum absolute atomic E-state index is 0.128. The number of hydrogen-bond donors (Lipinski definition) is 1. The van der Waals surface area contributed by atoms with Crippen molar-refractivity contribution < 1.29 is 4.79 Å². The molecule has 3 heteroatoms. The average molecular weight is 253 g/mol. The first kappa shape index (κ1) is 14.2. The summed E-state index contributed by atoms with van der Waals surface area (Å²) >= 11 is 1.85. The van der Waals surface area contributed by atoms with Gasteiger partial charge >= 0.3 is 0 Å². The molecule has 0 aliphatic rings. The quantitative estimate of drug-likeness (QED) is 0.851. The Kier molecular flexibility index (Phi) is 5.19. The number of hydrogen-bond acceptors (Lipinski definition) is 2. The highest BCUT2D eigenvalue weighted by molar-refractivity contribution is 7.12. The van der Waals surface area contributed by atoms with Gasteiger partial charge in [0.05, 0.1) is 0 Å². The highest BCUT2D eigenvalue weighted by atomic mass is 32.1. The lowest BCUT2D eigenvalue weighted by molar-refractivity contribution is -0.121. The molecule has 0 aliphatic heterocycles. The SMILES string of the molecule is CNC(=O)CC(c1ccc(C(C)C)s1)C(C)C. The van der Waals surface area contributed by atoms with E-state index in [4.69, 9.17) is 0 Å². The van der Waals surface area contributed by atoms with Gasteiger partial charge in [-0.15, -0.1) is 11.3 Å². The predicted octanol–water partition coefficient (Wildman–Crippen LogP) is 3.75. The Morgan fingerprint density at radius 1 is 1.24 bits per heavy atom. The average Bonchev–Trinajstić information content (AvgIpc) is 2.74. The van der Waals surface area contributed by atoms with E-state index in [1.54, 1.807) is 7.05 Å². The monoisotopic (exact) mass is 253 g/mol. The molecule has 1 unspecified atom stereocenters. The van der Waals surface area contributed by atoms with Gasteiger partial charge in [-0.05, 0) is 24.0 Å².